The number of nitrogens with zero attached hydrogens (tertiary/aromatic N) is 2. The van der Waals surface area contributed by atoms with Gasteiger partial charge in [0.2, 0.25) is 5.88 Å². The normalized spacial score (nSPS) is 10.6. The summed E-state index contributed by atoms with van der Waals surface area (Å²) in [5.41, 5.74) is 3.50. The molecule has 0 unspecified atom stereocenters. The standard InChI is InChI=1S/C26H25N3O4S/c1-17-24(34-26(29-17)20-9-10-21(31-2)22(14-20)32-3)25(30)28-15-19-11-12-27-23(13-19)33-16-18-7-5-4-6-8-18/h4-14H,15-16H2,1-3H3,(H,28,30). The minimum atomic E-state index is -0.176. The van der Waals surface area contributed by atoms with Crippen LogP contribution in [0.2, 0.25) is 0 Å². The van der Waals surface area contributed by atoms with E-state index in [-0.39, 0.29) is 5.91 Å². The van der Waals surface area contributed by atoms with Gasteiger partial charge in [-0.2, -0.15) is 0 Å². The summed E-state index contributed by atoms with van der Waals surface area (Å²) in [6.07, 6.45) is 1.68. The molecule has 0 aliphatic heterocycles. The van der Waals surface area contributed by atoms with Crippen LogP contribution in [0.1, 0.15) is 26.5 Å². The summed E-state index contributed by atoms with van der Waals surface area (Å²) in [5.74, 6) is 1.59. The van der Waals surface area contributed by atoms with Crippen LogP contribution in [0.4, 0.5) is 0 Å². The zero-order chi connectivity index (χ0) is 23.9. The molecular weight excluding hydrogens is 450 g/mol. The van der Waals surface area contributed by atoms with E-state index in [0.717, 1.165) is 21.7 Å². The molecule has 4 aromatic rings. The van der Waals surface area contributed by atoms with Crippen LogP contribution in [0.15, 0.2) is 66.9 Å². The van der Waals surface area contributed by atoms with E-state index in [4.69, 9.17) is 14.2 Å². The van der Waals surface area contributed by atoms with E-state index in [1.54, 1.807) is 20.4 Å². The van der Waals surface area contributed by atoms with Gasteiger partial charge in [0, 0.05) is 24.4 Å². The van der Waals surface area contributed by atoms with Crippen molar-refractivity contribution in [1.29, 1.82) is 0 Å². The molecule has 4 rings (SSSR count). The van der Waals surface area contributed by atoms with Crippen molar-refractivity contribution in [2.24, 2.45) is 0 Å². The highest BCUT2D eigenvalue weighted by Crippen LogP contribution is 2.35. The van der Waals surface area contributed by atoms with Crippen LogP contribution in [0, 0.1) is 6.92 Å². The molecular formula is C26H25N3O4S. The second-order valence-electron chi connectivity index (χ2n) is 7.46. The van der Waals surface area contributed by atoms with Crippen molar-refractivity contribution in [3.05, 3.63) is 88.6 Å². The third kappa shape index (κ3) is 5.52. The maximum atomic E-state index is 12.9. The van der Waals surface area contributed by atoms with E-state index in [1.807, 2.05) is 67.6 Å². The van der Waals surface area contributed by atoms with Crippen LogP contribution in [0.3, 0.4) is 0 Å². The highest BCUT2D eigenvalue weighted by atomic mass is 32.1. The third-order valence-electron chi connectivity index (χ3n) is 5.12. The van der Waals surface area contributed by atoms with Gasteiger partial charge in [0.05, 0.1) is 19.9 Å². The molecule has 2 aromatic carbocycles. The first kappa shape index (κ1) is 23.3. The Bertz CT molecular complexity index is 1270. The summed E-state index contributed by atoms with van der Waals surface area (Å²) in [6.45, 7) is 2.62. The van der Waals surface area contributed by atoms with Crippen LogP contribution in [-0.4, -0.2) is 30.1 Å². The molecule has 0 saturated heterocycles. The average Bonchev–Trinajstić information content (AvgIpc) is 3.28. The molecule has 1 amide bonds. The van der Waals surface area contributed by atoms with E-state index in [9.17, 15) is 4.79 Å². The monoisotopic (exact) mass is 475 g/mol. The molecule has 8 heteroatoms. The Balaban J connectivity index is 1.40. The number of hydrogen-bond donors (Lipinski definition) is 1. The number of methoxy groups -OCH3 is 2. The number of nitrogens with one attached hydrogen (secondary N) is 1. The van der Waals surface area contributed by atoms with Gasteiger partial charge in [-0.3, -0.25) is 4.79 Å². The lowest BCUT2D eigenvalue weighted by atomic mass is 10.2. The number of amides is 1. The summed E-state index contributed by atoms with van der Waals surface area (Å²) < 4.78 is 16.5. The quantitative estimate of drug-likeness (QED) is 0.365. The fraction of sp³-hybridized carbons (Fsp3) is 0.192. The molecule has 0 aliphatic rings. The van der Waals surface area contributed by atoms with Crippen molar-refractivity contribution < 1.29 is 19.0 Å². The lowest BCUT2D eigenvalue weighted by molar-refractivity contribution is 0.0954. The Morgan fingerprint density at radius 3 is 2.53 bits per heavy atom. The largest absolute Gasteiger partial charge is 0.493 e. The van der Waals surface area contributed by atoms with E-state index in [0.29, 0.717) is 41.1 Å². The molecule has 0 spiro atoms. The molecule has 0 bridgehead atoms. The van der Waals surface area contributed by atoms with Gasteiger partial charge in [0.15, 0.2) is 11.5 Å². The second-order valence-corrected chi connectivity index (χ2v) is 8.46. The van der Waals surface area contributed by atoms with Crippen LogP contribution in [-0.2, 0) is 13.2 Å². The predicted octanol–water partition coefficient (Wildman–Crippen LogP) is 5.04. The highest BCUT2D eigenvalue weighted by molar-refractivity contribution is 7.17. The van der Waals surface area contributed by atoms with Crippen molar-refractivity contribution in [2.45, 2.75) is 20.1 Å². The second kappa shape index (κ2) is 10.8. The summed E-state index contributed by atoms with van der Waals surface area (Å²) in [4.78, 5) is 22.3. The molecule has 0 saturated carbocycles. The number of thiazole rings is 1. The number of hydrogen-bond acceptors (Lipinski definition) is 7. The molecule has 1 N–H and O–H groups in total. The molecule has 0 atom stereocenters. The molecule has 0 radical (unpaired) electrons. The van der Waals surface area contributed by atoms with Gasteiger partial charge in [-0.15, -0.1) is 11.3 Å². The predicted molar refractivity (Wildman–Crippen MR) is 132 cm³/mol. The number of ether oxygens (including phenoxy) is 3. The summed E-state index contributed by atoms with van der Waals surface area (Å²) >= 11 is 1.34. The molecule has 2 heterocycles. The zero-order valence-electron chi connectivity index (χ0n) is 19.2. The highest BCUT2D eigenvalue weighted by Gasteiger charge is 2.17. The average molecular weight is 476 g/mol. The number of rotatable bonds is 9. The van der Waals surface area contributed by atoms with E-state index in [2.05, 4.69) is 15.3 Å². The van der Waals surface area contributed by atoms with Crippen molar-refractivity contribution in [1.82, 2.24) is 15.3 Å². The maximum Gasteiger partial charge on any atom is 0.263 e. The third-order valence-corrected chi connectivity index (χ3v) is 6.32. The number of aryl methyl sites for hydroxylation is 1. The number of aromatic nitrogens is 2. The fourth-order valence-electron chi connectivity index (χ4n) is 3.33. The Kier molecular flexibility index (Phi) is 7.39. The first-order valence-corrected chi connectivity index (χ1v) is 11.5. The molecule has 7 nitrogen and oxygen atoms in total. The van der Waals surface area contributed by atoms with Crippen LogP contribution < -0.4 is 19.5 Å². The van der Waals surface area contributed by atoms with E-state index < -0.39 is 0 Å². The number of pyridine rings is 1. The van der Waals surface area contributed by atoms with Gasteiger partial charge >= 0.3 is 0 Å². The SMILES string of the molecule is COc1ccc(-c2nc(C)c(C(=O)NCc3ccnc(OCc4ccccc4)c3)s2)cc1OC. The number of carbonyl (C=O) groups excluding carboxylic acids is 1. The Morgan fingerprint density at radius 1 is 0.971 bits per heavy atom. The van der Waals surface area contributed by atoms with Gasteiger partial charge in [-0.1, -0.05) is 30.3 Å². The van der Waals surface area contributed by atoms with Gasteiger partial charge in [0.1, 0.15) is 16.5 Å². The Hall–Kier alpha value is -3.91. The van der Waals surface area contributed by atoms with E-state index in [1.165, 1.54) is 11.3 Å². The minimum absolute atomic E-state index is 0.176. The first-order valence-electron chi connectivity index (χ1n) is 10.7. The Morgan fingerprint density at radius 2 is 1.76 bits per heavy atom. The number of carbonyl (C=O) groups is 1. The Labute approximate surface area is 202 Å². The van der Waals surface area contributed by atoms with Gasteiger partial charge < -0.3 is 19.5 Å². The smallest absolute Gasteiger partial charge is 0.263 e. The lowest BCUT2D eigenvalue weighted by Crippen LogP contribution is -2.22. The van der Waals surface area contributed by atoms with Crippen LogP contribution in [0.5, 0.6) is 17.4 Å². The van der Waals surface area contributed by atoms with Crippen molar-refractivity contribution in [2.75, 3.05) is 14.2 Å². The van der Waals surface area contributed by atoms with Crippen LogP contribution >= 0.6 is 11.3 Å². The van der Waals surface area contributed by atoms with Crippen LogP contribution in [0.25, 0.3) is 10.6 Å². The zero-order valence-corrected chi connectivity index (χ0v) is 20.0. The summed E-state index contributed by atoms with van der Waals surface area (Å²) in [6, 6.07) is 19.2. The van der Waals surface area contributed by atoms with Gasteiger partial charge in [-0.05, 0) is 42.3 Å². The van der Waals surface area contributed by atoms with Crippen molar-refractivity contribution in [3.8, 4) is 28.0 Å². The minimum Gasteiger partial charge on any atom is -0.493 e. The van der Waals surface area contributed by atoms with Crippen molar-refractivity contribution >= 4 is 17.2 Å². The van der Waals surface area contributed by atoms with Crippen molar-refractivity contribution in [3.63, 3.8) is 0 Å². The molecule has 0 fully saturated rings. The summed E-state index contributed by atoms with van der Waals surface area (Å²) in [7, 11) is 3.18. The molecule has 0 aliphatic carbocycles. The first-order chi connectivity index (χ1) is 16.6. The molecule has 2 aromatic heterocycles. The summed E-state index contributed by atoms with van der Waals surface area (Å²) in [5, 5.41) is 3.71. The molecule has 34 heavy (non-hydrogen) atoms. The van der Waals surface area contributed by atoms with Gasteiger partial charge in [-0.25, -0.2) is 9.97 Å². The van der Waals surface area contributed by atoms with E-state index >= 15 is 0 Å². The molecule has 174 valence electrons. The number of benzene rings is 2. The van der Waals surface area contributed by atoms with Gasteiger partial charge in [0.25, 0.3) is 5.91 Å². The topological polar surface area (TPSA) is 82.6 Å². The maximum absolute atomic E-state index is 12.9. The fourth-order valence-corrected chi connectivity index (χ4v) is 4.31. The lowest BCUT2D eigenvalue weighted by Gasteiger charge is -2.08.